The van der Waals surface area contributed by atoms with Crippen molar-refractivity contribution < 1.29 is 18.3 Å². The maximum Gasteiger partial charge on any atom is 0.348 e. The lowest BCUT2D eigenvalue weighted by molar-refractivity contribution is 0.0703. The molecule has 0 bridgehead atoms. The fraction of sp³-hybridized carbons (Fsp3) is 0.0556. The minimum absolute atomic E-state index is 0.0220. The van der Waals surface area contributed by atoms with Gasteiger partial charge in [0, 0.05) is 10.6 Å². The van der Waals surface area contributed by atoms with Crippen molar-refractivity contribution >= 4 is 38.7 Å². The molecular weight excluding hydrogens is 388 g/mol. The van der Waals surface area contributed by atoms with Gasteiger partial charge in [-0.3, -0.25) is 4.72 Å². The maximum absolute atomic E-state index is 12.7. The van der Waals surface area contributed by atoms with Crippen LogP contribution in [0.15, 0.2) is 59.5 Å². The second-order valence-corrected chi connectivity index (χ2v) is 8.42. The average molecular weight is 403 g/mol. The van der Waals surface area contributed by atoms with E-state index in [0.717, 1.165) is 11.3 Å². The molecule has 27 heavy (non-hydrogen) atoms. The fourth-order valence-corrected chi connectivity index (χ4v) is 4.89. The minimum Gasteiger partial charge on any atom is -0.761 e. The number of anilines is 2. The van der Waals surface area contributed by atoms with Gasteiger partial charge in [0.15, 0.2) is 0 Å². The van der Waals surface area contributed by atoms with Crippen molar-refractivity contribution in [1.82, 2.24) is 0 Å². The summed E-state index contributed by atoms with van der Waals surface area (Å²) in [5.74, 6) is -1.24. The smallest absolute Gasteiger partial charge is 0.348 e. The summed E-state index contributed by atoms with van der Waals surface area (Å²) in [5.41, 5.74) is 3.22. The highest BCUT2D eigenvalue weighted by molar-refractivity contribution is 7.92. The van der Waals surface area contributed by atoms with Crippen molar-refractivity contribution in [2.24, 2.45) is 0 Å². The maximum atomic E-state index is 12.7. The first-order valence-corrected chi connectivity index (χ1v) is 10.1. The topological polar surface area (TPSA) is 119 Å². The van der Waals surface area contributed by atoms with Gasteiger partial charge < -0.3 is 15.8 Å². The van der Waals surface area contributed by atoms with Crippen LogP contribution in [0, 0.1) is 12.1 Å². The van der Waals surface area contributed by atoms with Crippen LogP contribution in [0.25, 0.3) is 10.4 Å². The van der Waals surface area contributed by atoms with Gasteiger partial charge in [0.05, 0.1) is 10.6 Å². The summed E-state index contributed by atoms with van der Waals surface area (Å²) in [6.45, 7) is 1.66. The van der Waals surface area contributed by atoms with Gasteiger partial charge in [0.1, 0.15) is 4.88 Å². The molecule has 0 saturated carbocycles. The molecule has 1 heterocycles. The third-order valence-electron chi connectivity index (χ3n) is 3.82. The number of carboxylic acid groups (broad SMARTS) is 1. The molecule has 9 heteroatoms. The van der Waals surface area contributed by atoms with E-state index in [9.17, 15) is 23.5 Å². The predicted molar refractivity (Wildman–Crippen MR) is 106 cm³/mol. The van der Waals surface area contributed by atoms with E-state index in [4.69, 9.17) is 0 Å². The first kappa shape index (κ1) is 18.9. The van der Waals surface area contributed by atoms with Gasteiger partial charge >= 0.3 is 5.97 Å². The highest BCUT2D eigenvalue weighted by Gasteiger charge is 2.23. The van der Waals surface area contributed by atoms with E-state index < -0.39 is 16.0 Å². The first-order valence-electron chi connectivity index (χ1n) is 7.76. The Balaban J connectivity index is 2.04. The monoisotopic (exact) mass is 403 g/mol. The van der Waals surface area contributed by atoms with Crippen LogP contribution < -0.4 is 10.2 Å². The van der Waals surface area contributed by atoms with Crippen LogP contribution in [0.2, 0.25) is 0 Å². The van der Waals surface area contributed by atoms with Crippen LogP contribution >= 0.6 is 11.3 Å². The lowest BCUT2D eigenvalue weighted by Gasteiger charge is -2.10. The number of aryl methyl sites for hydroxylation is 1. The fourth-order valence-electron chi connectivity index (χ4n) is 2.56. The number of rotatable bonds is 6. The van der Waals surface area contributed by atoms with Crippen LogP contribution in [-0.4, -0.2) is 19.5 Å². The first-order chi connectivity index (χ1) is 12.8. The van der Waals surface area contributed by atoms with Crippen LogP contribution in [0.3, 0.4) is 0 Å². The minimum atomic E-state index is -3.95. The summed E-state index contributed by atoms with van der Waals surface area (Å²) in [7, 11) is -3.95. The number of hydrogen-bond donors (Lipinski definition) is 3. The Kier molecular flexibility index (Phi) is 5.17. The number of thiophene rings is 1. The summed E-state index contributed by atoms with van der Waals surface area (Å²) < 4.78 is 27.8. The molecule has 3 rings (SSSR count). The number of aromatic carboxylic acids is 1. The zero-order valence-corrected chi connectivity index (χ0v) is 15.7. The molecule has 0 aliphatic heterocycles. The SMILES string of the molecule is Cc1ccccc1S(=O)(=O)Nc1cc(-c2cccc(N[O-])c2)sc1C(=O)O. The van der Waals surface area contributed by atoms with E-state index >= 15 is 0 Å². The zero-order chi connectivity index (χ0) is 19.6. The molecule has 7 nitrogen and oxygen atoms in total. The molecular formula is C18H15N2O5S2-. The Morgan fingerprint density at radius 3 is 2.52 bits per heavy atom. The molecule has 2 aromatic carbocycles. The normalized spacial score (nSPS) is 11.2. The second kappa shape index (κ2) is 7.39. The summed E-state index contributed by atoms with van der Waals surface area (Å²) in [5, 5.41) is 20.3. The Hall–Kier alpha value is -2.88. The van der Waals surface area contributed by atoms with Crippen LogP contribution in [0.4, 0.5) is 11.4 Å². The molecule has 0 unspecified atom stereocenters. The van der Waals surface area contributed by atoms with Gasteiger partial charge in [-0.05, 0) is 42.3 Å². The zero-order valence-electron chi connectivity index (χ0n) is 14.1. The molecule has 0 saturated heterocycles. The lowest BCUT2D eigenvalue weighted by atomic mass is 10.1. The van der Waals surface area contributed by atoms with Crippen molar-refractivity contribution in [2.45, 2.75) is 11.8 Å². The standard InChI is InChI=1S/C18H15N2O5S2/c1-11-5-2-3-8-16(11)27(24,25)20-14-10-15(26-17(14)18(21)22)12-6-4-7-13(9-12)19-23/h2-10,19-20H,1H3,(H,21,22)/q-1. The quantitative estimate of drug-likeness (QED) is 0.533. The molecule has 0 fully saturated rings. The molecule has 0 radical (unpaired) electrons. The average Bonchev–Trinajstić information content (AvgIpc) is 3.05. The number of carbonyl (C=O) groups is 1. The van der Waals surface area contributed by atoms with Gasteiger partial charge in [-0.2, -0.15) is 0 Å². The summed E-state index contributed by atoms with van der Waals surface area (Å²) in [6.07, 6.45) is 0. The highest BCUT2D eigenvalue weighted by atomic mass is 32.2. The lowest BCUT2D eigenvalue weighted by Crippen LogP contribution is -2.15. The summed E-state index contributed by atoms with van der Waals surface area (Å²) >= 11 is 0.924. The van der Waals surface area contributed by atoms with Gasteiger partial charge in [-0.25, -0.2) is 13.2 Å². The van der Waals surface area contributed by atoms with E-state index in [1.54, 1.807) is 54.9 Å². The van der Waals surface area contributed by atoms with Gasteiger partial charge in [0.2, 0.25) is 0 Å². The summed E-state index contributed by atoms with van der Waals surface area (Å²) in [6, 6.07) is 14.4. The Bertz CT molecular complexity index is 1110. The number of hydrogen-bond acceptors (Lipinski definition) is 6. The van der Waals surface area contributed by atoms with E-state index in [1.807, 2.05) is 0 Å². The molecule has 0 aliphatic rings. The third kappa shape index (κ3) is 3.95. The van der Waals surface area contributed by atoms with Crippen molar-refractivity contribution in [1.29, 1.82) is 0 Å². The van der Waals surface area contributed by atoms with Crippen LogP contribution in [-0.2, 0) is 10.0 Å². The predicted octanol–water partition coefficient (Wildman–Crippen LogP) is 4.13. The largest absolute Gasteiger partial charge is 0.761 e. The van der Waals surface area contributed by atoms with E-state index in [1.165, 1.54) is 12.1 Å². The molecule has 1 aromatic heterocycles. The van der Waals surface area contributed by atoms with E-state index in [0.29, 0.717) is 21.7 Å². The van der Waals surface area contributed by atoms with Crippen molar-refractivity contribution in [2.75, 3.05) is 10.2 Å². The highest BCUT2D eigenvalue weighted by Crippen LogP contribution is 2.37. The Morgan fingerprint density at radius 2 is 1.85 bits per heavy atom. The number of nitrogens with one attached hydrogen (secondary N) is 2. The van der Waals surface area contributed by atoms with Gasteiger partial charge in [-0.1, -0.05) is 30.3 Å². The number of benzene rings is 2. The molecule has 0 spiro atoms. The van der Waals surface area contributed by atoms with Crippen molar-refractivity contribution in [3.05, 3.63) is 70.2 Å². The molecule has 3 aromatic rings. The molecule has 0 atom stereocenters. The van der Waals surface area contributed by atoms with Crippen molar-refractivity contribution in [3.8, 4) is 10.4 Å². The number of sulfonamides is 1. The van der Waals surface area contributed by atoms with Gasteiger partial charge in [-0.15, -0.1) is 11.3 Å². The number of carboxylic acids is 1. The van der Waals surface area contributed by atoms with Crippen molar-refractivity contribution in [3.63, 3.8) is 0 Å². The molecule has 0 amide bonds. The second-order valence-electron chi connectivity index (χ2n) is 5.71. The van der Waals surface area contributed by atoms with Crippen LogP contribution in [0.1, 0.15) is 15.2 Å². The van der Waals surface area contributed by atoms with Gasteiger partial charge in [0.25, 0.3) is 10.0 Å². The molecule has 140 valence electrons. The molecule has 3 N–H and O–H groups in total. The van der Waals surface area contributed by atoms with E-state index in [-0.39, 0.29) is 15.5 Å². The molecule has 0 aliphatic carbocycles. The van der Waals surface area contributed by atoms with Crippen LogP contribution in [0.5, 0.6) is 0 Å². The third-order valence-corrected chi connectivity index (χ3v) is 6.52. The summed E-state index contributed by atoms with van der Waals surface area (Å²) in [4.78, 5) is 12.1. The Morgan fingerprint density at radius 1 is 1.11 bits per heavy atom. The van der Waals surface area contributed by atoms with E-state index in [2.05, 4.69) is 4.72 Å². The Labute approximate surface area is 159 Å².